The highest BCUT2D eigenvalue weighted by Crippen LogP contribution is 2.25. The summed E-state index contributed by atoms with van der Waals surface area (Å²) >= 11 is 0. The number of pyridine rings is 1. The lowest BCUT2D eigenvalue weighted by molar-refractivity contribution is -0.111. The predicted octanol–water partition coefficient (Wildman–Crippen LogP) is 3.77. The molecule has 0 spiro atoms. The van der Waals surface area contributed by atoms with Crippen LogP contribution in [-0.4, -0.2) is 39.5 Å². The van der Waals surface area contributed by atoms with E-state index in [4.69, 9.17) is 9.47 Å². The van der Waals surface area contributed by atoms with Crippen LogP contribution in [0.5, 0.6) is 11.5 Å². The minimum absolute atomic E-state index is 0.204. The fraction of sp³-hybridized carbons (Fsp3) is 0.130. The number of aryl methyl sites for hydroxylation is 1. The highest BCUT2D eigenvalue weighted by molar-refractivity contribution is 6.01. The Labute approximate surface area is 179 Å². The Bertz CT molecular complexity index is 1280. The molecule has 0 unspecified atom stereocenters. The summed E-state index contributed by atoms with van der Waals surface area (Å²) in [6, 6.07) is 12.9. The summed E-state index contributed by atoms with van der Waals surface area (Å²) in [6.45, 7) is 1.92. The van der Waals surface area contributed by atoms with Gasteiger partial charge in [-0.1, -0.05) is 6.07 Å². The third kappa shape index (κ3) is 4.23. The van der Waals surface area contributed by atoms with Crippen molar-refractivity contribution < 1.29 is 14.3 Å². The molecular formula is C23H21N5O3. The molecule has 1 N–H and O–H groups in total. The normalized spacial score (nSPS) is 11.1. The first-order valence-corrected chi connectivity index (χ1v) is 9.57. The molecule has 0 fully saturated rings. The standard InChI is InChI=1S/C23H21N5O3/c1-15-22(28-13-5-4-6-20(28)25-15)18-11-12-24-23(26-18)27-21(29)10-7-16-14-17(30-2)8-9-19(16)31-3/h4-14H,1-3H3,(H,24,26,27,29)/b10-7+. The molecule has 4 aromatic rings. The smallest absolute Gasteiger partial charge is 0.250 e. The van der Waals surface area contributed by atoms with Crippen LogP contribution in [0, 0.1) is 6.92 Å². The van der Waals surface area contributed by atoms with Crippen LogP contribution in [0.1, 0.15) is 11.3 Å². The molecule has 156 valence electrons. The summed E-state index contributed by atoms with van der Waals surface area (Å²) in [4.78, 5) is 25.7. The number of aromatic nitrogens is 4. The molecule has 8 heteroatoms. The van der Waals surface area contributed by atoms with Gasteiger partial charge in [-0.3, -0.25) is 14.5 Å². The molecule has 1 amide bonds. The van der Waals surface area contributed by atoms with Crippen LogP contribution in [-0.2, 0) is 4.79 Å². The average molecular weight is 415 g/mol. The van der Waals surface area contributed by atoms with E-state index in [1.165, 1.54) is 6.08 Å². The first-order valence-electron chi connectivity index (χ1n) is 9.57. The second-order valence-electron chi connectivity index (χ2n) is 6.67. The number of hydrogen-bond donors (Lipinski definition) is 1. The van der Waals surface area contributed by atoms with Gasteiger partial charge >= 0.3 is 0 Å². The van der Waals surface area contributed by atoms with E-state index in [0.717, 1.165) is 17.0 Å². The molecule has 8 nitrogen and oxygen atoms in total. The van der Waals surface area contributed by atoms with Crippen LogP contribution in [0.25, 0.3) is 23.1 Å². The Kier molecular flexibility index (Phi) is 5.61. The molecule has 3 aromatic heterocycles. The van der Waals surface area contributed by atoms with E-state index in [1.807, 2.05) is 35.7 Å². The maximum atomic E-state index is 12.4. The van der Waals surface area contributed by atoms with Gasteiger partial charge in [0.05, 0.1) is 31.3 Å². The number of ether oxygens (including phenoxy) is 2. The van der Waals surface area contributed by atoms with Crippen molar-refractivity contribution in [2.24, 2.45) is 0 Å². The van der Waals surface area contributed by atoms with Crippen molar-refractivity contribution in [3.8, 4) is 22.9 Å². The SMILES string of the molecule is COc1ccc(OC)c(/C=C/C(=O)Nc2nccc(-c3c(C)nc4ccccn34)n2)c1. The second-order valence-corrected chi connectivity index (χ2v) is 6.67. The van der Waals surface area contributed by atoms with Crippen molar-refractivity contribution in [1.82, 2.24) is 19.4 Å². The number of imidazole rings is 1. The molecule has 1 aromatic carbocycles. The highest BCUT2D eigenvalue weighted by Gasteiger charge is 2.13. The highest BCUT2D eigenvalue weighted by atomic mass is 16.5. The topological polar surface area (TPSA) is 90.6 Å². The van der Waals surface area contributed by atoms with E-state index in [1.54, 1.807) is 50.8 Å². The van der Waals surface area contributed by atoms with Gasteiger partial charge < -0.3 is 9.47 Å². The van der Waals surface area contributed by atoms with Gasteiger partial charge in [0, 0.05) is 24.0 Å². The summed E-state index contributed by atoms with van der Waals surface area (Å²) in [5.41, 5.74) is 3.90. The molecule has 0 saturated heterocycles. The average Bonchev–Trinajstić information content (AvgIpc) is 3.13. The van der Waals surface area contributed by atoms with E-state index in [-0.39, 0.29) is 11.9 Å². The van der Waals surface area contributed by atoms with Gasteiger partial charge in [0.25, 0.3) is 5.91 Å². The molecule has 0 bridgehead atoms. The van der Waals surface area contributed by atoms with Crippen molar-refractivity contribution in [3.63, 3.8) is 0 Å². The van der Waals surface area contributed by atoms with Crippen molar-refractivity contribution >= 4 is 23.6 Å². The second kappa shape index (κ2) is 8.66. The Balaban J connectivity index is 1.56. The lowest BCUT2D eigenvalue weighted by atomic mass is 10.1. The fourth-order valence-electron chi connectivity index (χ4n) is 3.26. The first kappa shape index (κ1) is 20.1. The van der Waals surface area contributed by atoms with E-state index >= 15 is 0 Å². The van der Waals surface area contributed by atoms with Gasteiger partial charge in [0.1, 0.15) is 17.1 Å². The molecule has 0 radical (unpaired) electrons. The number of rotatable bonds is 6. The maximum absolute atomic E-state index is 12.4. The van der Waals surface area contributed by atoms with Gasteiger partial charge in [-0.15, -0.1) is 0 Å². The summed E-state index contributed by atoms with van der Waals surface area (Å²) < 4.78 is 12.5. The molecule has 0 aliphatic heterocycles. The Hall–Kier alpha value is -4.20. The Morgan fingerprint density at radius 1 is 1.10 bits per heavy atom. The number of methoxy groups -OCH3 is 2. The lowest BCUT2D eigenvalue weighted by Gasteiger charge is -2.07. The quantitative estimate of drug-likeness (QED) is 0.482. The molecule has 31 heavy (non-hydrogen) atoms. The van der Waals surface area contributed by atoms with E-state index in [9.17, 15) is 4.79 Å². The molecule has 0 saturated carbocycles. The van der Waals surface area contributed by atoms with Crippen LogP contribution >= 0.6 is 0 Å². The van der Waals surface area contributed by atoms with Crippen LogP contribution in [0.4, 0.5) is 5.95 Å². The minimum atomic E-state index is -0.364. The van der Waals surface area contributed by atoms with E-state index < -0.39 is 0 Å². The van der Waals surface area contributed by atoms with Crippen LogP contribution in [0.2, 0.25) is 0 Å². The van der Waals surface area contributed by atoms with Crippen molar-refractivity contribution in [2.45, 2.75) is 6.92 Å². The zero-order valence-electron chi connectivity index (χ0n) is 17.4. The number of hydrogen-bond acceptors (Lipinski definition) is 6. The maximum Gasteiger partial charge on any atom is 0.250 e. The molecule has 3 heterocycles. The summed E-state index contributed by atoms with van der Waals surface area (Å²) in [5.74, 6) is 1.14. The molecule has 4 rings (SSSR count). The zero-order chi connectivity index (χ0) is 21.8. The van der Waals surface area contributed by atoms with E-state index in [0.29, 0.717) is 22.8 Å². The largest absolute Gasteiger partial charge is 0.497 e. The number of anilines is 1. The van der Waals surface area contributed by atoms with Gasteiger partial charge in [-0.05, 0) is 49.4 Å². The van der Waals surface area contributed by atoms with Crippen LogP contribution in [0.15, 0.2) is 60.9 Å². The summed E-state index contributed by atoms with van der Waals surface area (Å²) in [7, 11) is 3.15. The third-order valence-electron chi connectivity index (χ3n) is 4.69. The fourth-order valence-corrected chi connectivity index (χ4v) is 3.26. The zero-order valence-corrected chi connectivity index (χ0v) is 17.4. The van der Waals surface area contributed by atoms with E-state index in [2.05, 4.69) is 20.3 Å². The predicted molar refractivity (Wildman–Crippen MR) is 118 cm³/mol. The van der Waals surface area contributed by atoms with Crippen LogP contribution < -0.4 is 14.8 Å². The minimum Gasteiger partial charge on any atom is -0.497 e. The Morgan fingerprint density at radius 3 is 2.77 bits per heavy atom. The monoisotopic (exact) mass is 415 g/mol. The number of nitrogens with zero attached hydrogens (tertiary/aromatic N) is 4. The number of benzene rings is 1. The van der Waals surface area contributed by atoms with Crippen LogP contribution in [0.3, 0.4) is 0 Å². The van der Waals surface area contributed by atoms with Crippen molar-refractivity contribution in [3.05, 3.63) is 72.2 Å². The number of nitrogens with one attached hydrogen (secondary N) is 1. The summed E-state index contributed by atoms with van der Waals surface area (Å²) in [6.07, 6.45) is 6.58. The molecular weight excluding hydrogens is 394 g/mol. The summed E-state index contributed by atoms with van der Waals surface area (Å²) in [5, 5.41) is 2.70. The lowest BCUT2D eigenvalue weighted by Crippen LogP contribution is -2.11. The Morgan fingerprint density at radius 2 is 1.97 bits per heavy atom. The van der Waals surface area contributed by atoms with Gasteiger partial charge in [0.15, 0.2) is 0 Å². The molecule has 0 atom stereocenters. The van der Waals surface area contributed by atoms with Crippen molar-refractivity contribution in [2.75, 3.05) is 19.5 Å². The van der Waals surface area contributed by atoms with Gasteiger partial charge in [0.2, 0.25) is 5.95 Å². The molecule has 0 aliphatic carbocycles. The number of fused-ring (bicyclic) bond motifs is 1. The number of carbonyl (C=O) groups excluding carboxylic acids is 1. The van der Waals surface area contributed by atoms with Gasteiger partial charge in [-0.25, -0.2) is 15.0 Å². The van der Waals surface area contributed by atoms with Crippen molar-refractivity contribution in [1.29, 1.82) is 0 Å². The van der Waals surface area contributed by atoms with Gasteiger partial charge in [-0.2, -0.15) is 0 Å². The number of carbonyl (C=O) groups is 1. The molecule has 0 aliphatic rings. The number of amides is 1. The third-order valence-corrected chi connectivity index (χ3v) is 4.69. The first-order chi connectivity index (χ1) is 15.1.